The van der Waals surface area contributed by atoms with Crippen LogP contribution in [0.5, 0.6) is 0 Å². The number of nitrogens with one attached hydrogen (secondary N) is 1. The monoisotopic (exact) mass is 559 g/mol. The van der Waals surface area contributed by atoms with E-state index in [0.29, 0.717) is 39.0 Å². The second-order valence-corrected chi connectivity index (χ2v) is 10.9. The van der Waals surface area contributed by atoms with Gasteiger partial charge in [0.15, 0.2) is 0 Å². The zero-order valence-corrected chi connectivity index (χ0v) is 23.0. The molecular weight excluding hydrogens is 533 g/mol. The number of rotatable bonds is 4. The molecule has 7 aromatic rings. The highest BCUT2D eigenvalue weighted by atomic mass is 16.4. The quantitative estimate of drug-likeness (QED) is 0.176. The van der Waals surface area contributed by atoms with Crippen molar-refractivity contribution in [2.24, 2.45) is 0 Å². The van der Waals surface area contributed by atoms with E-state index in [1.165, 1.54) is 0 Å². The number of fused-ring (bicyclic) bond motifs is 5. The molecule has 4 N–H and O–H groups in total. The van der Waals surface area contributed by atoms with Crippen molar-refractivity contribution in [1.29, 1.82) is 0 Å². The molecule has 1 aliphatic heterocycles. The number of hydrogen-bond acceptors (Lipinski definition) is 5. The second kappa shape index (κ2) is 9.71. The van der Waals surface area contributed by atoms with Gasteiger partial charge in [-0.05, 0) is 34.3 Å². The number of para-hydroxylation sites is 4. The lowest BCUT2D eigenvalue weighted by Crippen LogP contribution is -2.35. The summed E-state index contributed by atoms with van der Waals surface area (Å²) >= 11 is 0. The predicted octanol–water partition coefficient (Wildman–Crippen LogP) is 6.94. The minimum Gasteiger partial charge on any atom is -0.456 e. The first-order valence-electron chi connectivity index (χ1n) is 14.2. The summed E-state index contributed by atoms with van der Waals surface area (Å²) in [6.45, 7) is 0. The molecule has 5 nitrogen and oxygen atoms in total. The van der Waals surface area contributed by atoms with Crippen molar-refractivity contribution in [3.05, 3.63) is 150 Å². The van der Waals surface area contributed by atoms with Crippen molar-refractivity contribution in [2.75, 3.05) is 5.32 Å². The molecule has 1 unspecified atom stereocenters. The average molecular weight is 559 g/mol. The minimum atomic E-state index is -1.70. The molecule has 1 atom stereocenters. The van der Waals surface area contributed by atoms with Gasteiger partial charge in [0.05, 0.1) is 5.69 Å². The van der Waals surface area contributed by atoms with E-state index in [0.717, 1.165) is 38.7 Å². The van der Waals surface area contributed by atoms with Gasteiger partial charge in [0.2, 0.25) is 0 Å². The highest BCUT2D eigenvalue weighted by Crippen LogP contribution is 2.52. The summed E-state index contributed by atoms with van der Waals surface area (Å²) in [7, 11) is -1.70. The van der Waals surface area contributed by atoms with Crippen LogP contribution in [-0.2, 0) is 5.60 Å². The van der Waals surface area contributed by atoms with E-state index in [1.54, 1.807) is 0 Å². The van der Waals surface area contributed by atoms with Gasteiger partial charge in [-0.3, -0.25) is 0 Å². The van der Waals surface area contributed by atoms with Gasteiger partial charge in [-0.15, -0.1) is 0 Å². The van der Waals surface area contributed by atoms with Crippen LogP contribution >= 0.6 is 0 Å². The molecular formula is C37H26BNO4. The van der Waals surface area contributed by atoms with Crippen molar-refractivity contribution in [2.45, 2.75) is 5.60 Å². The molecule has 0 radical (unpaired) electrons. The van der Waals surface area contributed by atoms with E-state index < -0.39 is 12.7 Å². The van der Waals surface area contributed by atoms with Crippen LogP contribution < -0.4 is 10.8 Å². The lowest BCUT2D eigenvalue weighted by Gasteiger charge is -2.38. The summed E-state index contributed by atoms with van der Waals surface area (Å²) in [6, 6.07) is 42.8. The maximum atomic E-state index is 13.0. The Balaban J connectivity index is 1.39. The molecule has 1 aliphatic rings. The second-order valence-electron chi connectivity index (χ2n) is 10.9. The molecule has 0 saturated carbocycles. The molecule has 206 valence electrons. The molecule has 0 bridgehead atoms. The van der Waals surface area contributed by atoms with Crippen molar-refractivity contribution < 1.29 is 19.6 Å². The first-order valence-corrected chi connectivity index (χ1v) is 14.2. The van der Waals surface area contributed by atoms with Crippen LogP contribution in [0.25, 0.3) is 44.2 Å². The summed E-state index contributed by atoms with van der Waals surface area (Å²) in [5.41, 5.74) is 6.86. The lowest BCUT2D eigenvalue weighted by molar-refractivity contribution is 0.126. The van der Waals surface area contributed by atoms with E-state index in [9.17, 15) is 15.2 Å². The van der Waals surface area contributed by atoms with Crippen LogP contribution in [-0.4, -0.2) is 22.3 Å². The fraction of sp³-hybridized carbons (Fsp3) is 0.0270. The first-order chi connectivity index (χ1) is 21.0. The Kier molecular flexibility index (Phi) is 5.78. The van der Waals surface area contributed by atoms with Gasteiger partial charge >= 0.3 is 7.12 Å². The van der Waals surface area contributed by atoms with Gasteiger partial charge in [0.25, 0.3) is 0 Å². The van der Waals surface area contributed by atoms with Crippen LogP contribution in [0.2, 0.25) is 0 Å². The number of furan rings is 1. The van der Waals surface area contributed by atoms with Crippen LogP contribution in [0.1, 0.15) is 16.7 Å². The molecule has 0 aliphatic carbocycles. The summed E-state index contributed by atoms with van der Waals surface area (Å²) < 4.78 is 6.41. The molecule has 2 heterocycles. The summed E-state index contributed by atoms with van der Waals surface area (Å²) in [6.07, 6.45) is 0. The highest BCUT2D eigenvalue weighted by Gasteiger charge is 2.43. The maximum Gasteiger partial charge on any atom is 0.489 e. The fourth-order valence-electron chi connectivity index (χ4n) is 6.55. The average Bonchev–Trinajstić information content (AvgIpc) is 3.44. The Bertz CT molecular complexity index is 2170. The number of benzene rings is 6. The predicted molar refractivity (Wildman–Crippen MR) is 173 cm³/mol. The Morgan fingerprint density at radius 2 is 1.28 bits per heavy atom. The Labute approximate surface area is 248 Å². The third-order valence-corrected chi connectivity index (χ3v) is 8.55. The van der Waals surface area contributed by atoms with E-state index in [4.69, 9.17) is 4.42 Å². The molecule has 6 heteroatoms. The largest absolute Gasteiger partial charge is 0.489 e. The zero-order chi connectivity index (χ0) is 29.1. The zero-order valence-electron chi connectivity index (χ0n) is 23.0. The Hall–Kier alpha value is -5.14. The van der Waals surface area contributed by atoms with E-state index in [2.05, 4.69) is 5.32 Å². The number of aliphatic hydroxyl groups is 1. The molecule has 43 heavy (non-hydrogen) atoms. The lowest BCUT2D eigenvalue weighted by atomic mass is 9.71. The van der Waals surface area contributed by atoms with Gasteiger partial charge in [-0.25, -0.2) is 0 Å². The fourth-order valence-corrected chi connectivity index (χ4v) is 6.55. The molecule has 0 amide bonds. The van der Waals surface area contributed by atoms with Crippen LogP contribution in [0, 0.1) is 0 Å². The smallest absolute Gasteiger partial charge is 0.456 e. The standard InChI is InChI=1S/C37H26BNO4/c40-37(31-17-9-14-28-26-12-4-7-19-34(26)43-36(28)31)29-15-5-6-18-33(29)39-35-27(13-8-16-30(35)37)25-21-20-24(22-32(25)38(41)42)23-10-2-1-3-11-23/h1-22,39-42H. The Morgan fingerprint density at radius 3 is 2.14 bits per heavy atom. The van der Waals surface area contributed by atoms with Crippen molar-refractivity contribution in [3.8, 4) is 22.3 Å². The summed E-state index contributed by atoms with van der Waals surface area (Å²) in [4.78, 5) is 0. The third kappa shape index (κ3) is 3.85. The van der Waals surface area contributed by atoms with E-state index in [-0.39, 0.29) is 0 Å². The van der Waals surface area contributed by atoms with Gasteiger partial charge in [0, 0.05) is 38.7 Å². The highest BCUT2D eigenvalue weighted by molar-refractivity contribution is 6.60. The maximum absolute atomic E-state index is 13.0. The van der Waals surface area contributed by atoms with E-state index >= 15 is 0 Å². The van der Waals surface area contributed by atoms with Crippen molar-refractivity contribution in [3.63, 3.8) is 0 Å². The Morgan fingerprint density at radius 1 is 0.581 bits per heavy atom. The third-order valence-electron chi connectivity index (χ3n) is 8.55. The van der Waals surface area contributed by atoms with Crippen LogP contribution in [0.4, 0.5) is 11.4 Å². The molecule has 0 saturated heterocycles. The van der Waals surface area contributed by atoms with E-state index in [1.807, 2.05) is 133 Å². The number of anilines is 2. The van der Waals surface area contributed by atoms with Crippen molar-refractivity contribution >= 4 is 45.9 Å². The van der Waals surface area contributed by atoms with Crippen LogP contribution in [0.15, 0.2) is 138 Å². The first kappa shape index (κ1) is 25.6. The summed E-state index contributed by atoms with van der Waals surface area (Å²) in [5.74, 6) is 0. The minimum absolute atomic E-state index is 0.373. The molecule has 6 aromatic carbocycles. The van der Waals surface area contributed by atoms with Crippen molar-refractivity contribution in [1.82, 2.24) is 0 Å². The number of hydrogen-bond donors (Lipinski definition) is 4. The molecule has 0 spiro atoms. The molecule has 0 fully saturated rings. The van der Waals surface area contributed by atoms with Gasteiger partial charge in [-0.1, -0.05) is 121 Å². The van der Waals surface area contributed by atoms with Gasteiger partial charge < -0.3 is 24.9 Å². The topological polar surface area (TPSA) is 85.9 Å². The normalized spacial score (nSPS) is 15.6. The van der Waals surface area contributed by atoms with Crippen LogP contribution in [0.3, 0.4) is 0 Å². The molecule has 8 rings (SSSR count). The van der Waals surface area contributed by atoms with Gasteiger partial charge in [-0.2, -0.15) is 0 Å². The van der Waals surface area contributed by atoms with Gasteiger partial charge in [0.1, 0.15) is 16.8 Å². The SMILES string of the molecule is OB(O)c1cc(-c2ccccc2)ccc1-c1cccc2c1Nc1ccccc1C2(O)c1cccc2c1oc1ccccc12. The molecule has 1 aromatic heterocycles. The summed E-state index contributed by atoms with van der Waals surface area (Å²) in [5, 5.41) is 39.6.